The van der Waals surface area contributed by atoms with E-state index < -0.39 is 0 Å². The smallest absolute Gasteiger partial charge is 0.323 e. The molecule has 1 fully saturated rings. The molecule has 86 valence electrons. The summed E-state index contributed by atoms with van der Waals surface area (Å²) in [6.07, 6.45) is 0.821. The maximum absolute atomic E-state index is 13.0. The van der Waals surface area contributed by atoms with Gasteiger partial charge in [0, 0.05) is 13.1 Å². The fourth-order valence-corrected chi connectivity index (χ4v) is 1.90. The number of hydrogen-bond donors (Lipinski definition) is 0. The number of ether oxygens (including phenoxy) is 1. The Kier molecular flexibility index (Phi) is 3.19. The molecule has 1 unspecified atom stereocenters. The summed E-state index contributed by atoms with van der Waals surface area (Å²) in [4.78, 5) is 13.3. The van der Waals surface area contributed by atoms with Gasteiger partial charge in [-0.25, -0.2) is 4.39 Å². The number of likely N-dealkylation sites (tertiary alicyclic amines) is 1. The van der Waals surface area contributed by atoms with Gasteiger partial charge in [0.2, 0.25) is 0 Å². The molecule has 0 amide bonds. The van der Waals surface area contributed by atoms with Crippen LogP contribution in [-0.4, -0.2) is 30.6 Å². The van der Waals surface area contributed by atoms with Crippen molar-refractivity contribution in [3.8, 4) is 0 Å². The summed E-state index contributed by atoms with van der Waals surface area (Å²) in [7, 11) is 1.39. The van der Waals surface area contributed by atoms with Crippen molar-refractivity contribution in [3.63, 3.8) is 0 Å². The highest BCUT2D eigenvalue weighted by Gasteiger charge is 2.34. The molecule has 0 bridgehead atoms. The highest BCUT2D eigenvalue weighted by atomic mass is 19.1. The van der Waals surface area contributed by atoms with Crippen LogP contribution in [0, 0.1) is 5.82 Å². The van der Waals surface area contributed by atoms with Gasteiger partial charge in [0.1, 0.15) is 11.9 Å². The third-order valence-corrected chi connectivity index (χ3v) is 2.88. The fraction of sp³-hybridized carbons (Fsp3) is 0.417. The normalized spacial score (nSPS) is 20.2. The van der Waals surface area contributed by atoms with E-state index in [1.807, 2.05) is 11.0 Å². The summed E-state index contributed by atoms with van der Waals surface area (Å²) >= 11 is 0. The zero-order valence-electron chi connectivity index (χ0n) is 9.15. The highest BCUT2D eigenvalue weighted by molar-refractivity contribution is 5.76. The summed E-state index contributed by atoms with van der Waals surface area (Å²) in [5, 5.41) is 0. The number of benzene rings is 1. The lowest BCUT2D eigenvalue weighted by Gasteiger charge is -2.38. The molecule has 0 N–H and O–H groups in total. The molecule has 1 saturated heterocycles. The van der Waals surface area contributed by atoms with Gasteiger partial charge in [0.15, 0.2) is 0 Å². The van der Waals surface area contributed by atoms with Crippen LogP contribution in [0.4, 0.5) is 4.39 Å². The SMILES string of the molecule is COC(=O)C1CCN1Cc1cccc(F)c1. The van der Waals surface area contributed by atoms with Gasteiger partial charge < -0.3 is 4.74 Å². The zero-order chi connectivity index (χ0) is 11.5. The number of rotatable bonds is 3. The van der Waals surface area contributed by atoms with E-state index in [0.717, 1.165) is 18.5 Å². The Morgan fingerprint density at radius 1 is 1.62 bits per heavy atom. The van der Waals surface area contributed by atoms with E-state index in [2.05, 4.69) is 0 Å². The van der Waals surface area contributed by atoms with E-state index in [1.54, 1.807) is 6.07 Å². The lowest BCUT2D eigenvalue weighted by molar-refractivity contribution is -0.152. The average molecular weight is 223 g/mol. The van der Waals surface area contributed by atoms with Gasteiger partial charge in [-0.2, -0.15) is 0 Å². The molecule has 1 aliphatic heterocycles. The van der Waals surface area contributed by atoms with E-state index >= 15 is 0 Å². The van der Waals surface area contributed by atoms with E-state index in [4.69, 9.17) is 4.74 Å². The van der Waals surface area contributed by atoms with Crippen molar-refractivity contribution >= 4 is 5.97 Å². The minimum Gasteiger partial charge on any atom is -0.468 e. The van der Waals surface area contributed by atoms with Gasteiger partial charge in [-0.1, -0.05) is 12.1 Å². The second-order valence-corrected chi connectivity index (χ2v) is 3.93. The topological polar surface area (TPSA) is 29.5 Å². The first-order chi connectivity index (χ1) is 7.70. The molecule has 1 atom stereocenters. The Bertz CT molecular complexity index is 394. The molecule has 0 saturated carbocycles. The quantitative estimate of drug-likeness (QED) is 0.728. The van der Waals surface area contributed by atoms with E-state index in [1.165, 1.54) is 19.2 Å². The third-order valence-electron chi connectivity index (χ3n) is 2.88. The molecule has 1 aliphatic rings. The summed E-state index contributed by atoms with van der Waals surface area (Å²) < 4.78 is 17.6. The molecule has 1 aromatic carbocycles. The van der Waals surface area contributed by atoms with Crippen molar-refractivity contribution < 1.29 is 13.9 Å². The first kappa shape index (κ1) is 11.1. The monoisotopic (exact) mass is 223 g/mol. The van der Waals surface area contributed by atoms with Crippen molar-refractivity contribution in [2.75, 3.05) is 13.7 Å². The molecule has 0 spiro atoms. The second kappa shape index (κ2) is 4.61. The first-order valence-corrected chi connectivity index (χ1v) is 5.27. The van der Waals surface area contributed by atoms with Crippen LogP contribution in [0.1, 0.15) is 12.0 Å². The number of nitrogens with zero attached hydrogens (tertiary/aromatic N) is 1. The van der Waals surface area contributed by atoms with Gasteiger partial charge in [-0.15, -0.1) is 0 Å². The second-order valence-electron chi connectivity index (χ2n) is 3.93. The molecule has 16 heavy (non-hydrogen) atoms. The minimum atomic E-state index is -0.243. The molecular formula is C12H14FNO2. The maximum Gasteiger partial charge on any atom is 0.323 e. The molecule has 0 aliphatic carbocycles. The minimum absolute atomic E-state index is 0.159. The van der Waals surface area contributed by atoms with Crippen molar-refractivity contribution in [2.45, 2.75) is 19.0 Å². The van der Waals surface area contributed by atoms with E-state index in [0.29, 0.717) is 6.54 Å². The molecule has 4 heteroatoms. The van der Waals surface area contributed by atoms with Gasteiger partial charge in [0.25, 0.3) is 0 Å². The molecule has 1 heterocycles. The number of halogens is 1. The predicted molar refractivity (Wildman–Crippen MR) is 57.2 cm³/mol. The van der Waals surface area contributed by atoms with Crippen molar-refractivity contribution in [1.29, 1.82) is 0 Å². The Labute approximate surface area is 93.8 Å². The standard InChI is InChI=1S/C12H14FNO2/c1-16-12(15)11-5-6-14(11)8-9-3-2-4-10(13)7-9/h2-4,7,11H,5-6,8H2,1H3. The van der Waals surface area contributed by atoms with E-state index in [9.17, 15) is 9.18 Å². The average Bonchev–Trinajstić information content (AvgIpc) is 2.24. The molecular weight excluding hydrogens is 209 g/mol. The zero-order valence-corrected chi connectivity index (χ0v) is 9.15. The molecule has 2 rings (SSSR count). The van der Waals surface area contributed by atoms with Crippen LogP contribution in [0.3, 0.4) is 0 Å². The number of methoxy groups -OCH3 is 1. The summed E-state index contributed by atoms with van der Waals surface area (Å²) in [6, 6.07) is 6.28. The van der Waals surface area contributed by atoms with Gasteiger partial charge in [-0.3, -0.25) is 9.69 Å². The van der Waals surface area contributed by atoms with E-state index in [-0.39, 0.29) is 17.8 Å². The predicted octanol–water partition coefficient (Wildman–Crippen LogP) is 1.57. The maximum atomic E-state index is 13.0. The van der Waals surface area contributed by atoms with Gasteiger partial charge in [-0.05, 0) is 24.1 Å². The summed E-state index contributed by atoms with van der Waals surface area (Å²) in [5.74, 6) is -0.449. The van der Waals surface area contributed by atoms with Gasteiger partial charge >= 0.3 is 5.97 Å². The van der Waals surface area contributed by atoms with Crippen molar-refractivity contribution in [1.82, 2.24) is 4.90 Å². The molecule has 0 aromatic heterocycles. The highest BCUT2D eigenvalue weighted by Crippen LogP contribution is 2.21. The summed E-state index contributed by atoms with van der Waals surface area (Å²) in [5.41, 5.74) is 0.883. The fourth-order valence-electron chi connectivity index (χ4n) is 1.90. The number of hydrogen-bond acceptors (Lipinski definition) is 3. The summed E-state index contributed by atoms with van der Waals surface area (Å²) in [6.45, 7) is 1.45. The first-order valence-electron chi connectivity index (χ1n) is 5.27. The van der Waals surface area contributed by atoms with Crippen molar-refractivity contribution in [2.24, 2.45) is 0 Å². The molecule has 3 nitrogen and oxygen atoms in total. The van der Waals surface area contributed by atoms with Crippen LogP contribution >= 0.6 is 0 Å². The number of carbonyl (C=O) groups excluding carboxylic acids is 1. The Morgan fingerprint density at radius 2 is 2.44 bits per heavy atom. The molecule has 0 radical (unpaired) electrons. The van der Waals surface area contributed by atoms with Crippen LogP contribution < -0.4 is 0 Å². The van der Waals surface area contributed by atoms with Crippen LogP contribution in [-0.2, 0) is 16.1 Å². The van der Waals surface area contributed by atoms with Gasteiger partial charge in [0.05, 0.1) is 7.11 Å². The lowest BCUT2D eigenvalue weighted by Crippen LogP contribution is -2.52. The lowest BCUT2D eigenvalue weighted by atomic mass is 10.0. The van der Waals surface area contributed by atoms with Crippen LogP contribution in [0.2, 0.25) is 0 Å². The number of esters is 1. The largest absolute Gasteiger partial charge is 0.468 e. The van der Waals surface area contributed by atoms with Crippen LogP contribution in [0.15, 0.2) is 24.3 Å². The Hall–Kier alpha value is -1.42. The van der Waals surface area contributed by atoms with Crippen LogP contribution in [0.5, 0.6) is 0 Å². The van der Waals surface area contributed by atoms with Crippen LogP contribution in [0.25, 0.3) is 0 Å². The Balaban J connectivity index is 1.98. The number of carbonyl (C=O) groups is 1. The Morgan fingerprint density at radius 3 is 3.00 bits per heavy atom. The van der Waals surface area contributed by atoms with Crippen molar-refractivity contribution in [3.05, 3.63) is 35.6 Å². The third kappa shape index (κ3) is 2.22. The molecule has 1 aromatic rings.